The van der Waals surface area contributed by atoms with E-state index in [9.17, 15) is 13.2 Å². The van der Waals surface area contributed by atoms with Crippen LogP contribution in [-0.4, -0.2) is 40.3 Å². The van der Waals surface area contributed by atoms with Gasteiger partial charge in [-0.05, 0) is 42.3 Å². The second-order valence-corrected chi connectivity index (χ2v) is 8.40. The quantitative estimate of drug-likeness (QED) is 0.858. The lowest BCUT2D eigenvalue weighted by Crippen LogP contribution is -2.33. The van der Waals surface area contributed by atoms with E-state index in [1.54, 1.807) is 13.0 Å². The summed E-state index contributed by atoms with van der Waals surface area (Å²) in [5, 5.41) is 6.10. The van der Waals surface area contributed by atoms with Crippen molar-refractivity contribution in [3.8, 4) is 0 Å². The molecule has 0 aromatic heterocycles. The Morgan fingerprint density at radius 1 is 1.19 bits per heavy atom. The van der Waals surface area contributed by atoms with Crippen LogP contribution < -0.4 is 10.6 Å². The molecule has 1 atom stereocenters. The molecule has 0 bridgehead atoms. The maximum Gasteiger partial charge on any atom is 0.255 e. The van der Waals surface area contributed by atoms with E-state index in [4.69, 9.17) is 4.74 Å². The van der Waals surface area contributed by atoms with Gasteiger partial charge in [0.1, 0.15) is 0 Å². The van der Waals surface area contributed by atoms with Crippen molar-refractivity contribution < 1.29 is 17.9 Å². The fourth-order valence-electron chi connectivity index (χ4n) is 2.84. The maximum absolute atomic E-state index is 12.6. The number of sulfone groups is 1. The summed E-state index contributed by atoms with van der Waals surface area (Å²) < 4.78 is 29.1. The van der Waals surface area contributed by atoms with Gasteiger partial charge in [-0.3, -0.25) is 4.79 Å². The SMILES string of the molecule is Cc1ccc(S(C)(=O)=O)cc1C(=O)Nc1ccc(C2CNCCO2)cc1. The van der Waals surface area contributed by atoms with Crippen molar-refractivity contribution in [3.05, 3.63) is 59.2 Å². The Balaban J connectivity index is 1.75. The molecule has 1 amide bonds. The Hall–Kier alpha value is -2.22. The molecule has 1 fully saturated rings. The minimum Gasteiger partial charge on any atom is -0.371 e. The van der Waals surface area contributed by atoms with E-state index in [1.807, 2.05) is 24.3 Å². The number of carbonyl (C=O) groups is 1. The summed E-state index contributed by atoms with van der Waals surface area (Å²) in [7, 11) is -3.37. The zero-order chi connectivity index (χ0) is 18.7. The predicted molar refractivity (Wildman–Crippen MR) is 100 cm³/mol. The van der Waals surface area contributed by atoms with Gasteiger partial charge in [0.2, 0.25) is 0 Å². The second kappa shape index (κ2) is 7.57. The first-order chi connectivity index (χ1) is 12.3. The highest BCUT2D eigenvalue weighted by Crippen LogP contribution is 2.22. The van der Waals surface area contributed by atoms with E-state index in [1.165, 1.54) is 12.1 Å². The highest BCUT2D eigenvalue weighted by molar-refractivity contribution is 7.90. The number of hydrogen-bond acceptors (Lipinski definition) is 5. The third-order valence-corrected chi connectivity index (χ3v) is 5.46. The molecule has 0 saturated carbocycles. The molecule has 0 aliphatic carbocycles. The third-order valence-electron chi connectivity index (χ3n) is 4.35. The average Bonchev–Trinajstić information content (AvgIpc) is 2.62. The van der Waals surface area contributed by atoms with Crippen LogP contribution >= 0.6 is 0 Å². The maximum atomic E-state index is 12.6. The molecule has 0 spiro atoms. The van der Waals surface area contributed by atoms with Crippen LogP contribution in [0.1, 0.15) is 27.6 Å². The molecule has 0 radical (unpaired) electrons. The number of benzene rings is 2. The van der Waals surface area contributed by atoms with E-state index in [0.29, 0.717) is 23.4 Å². The monoisotopic (exact) mass is 374 g/mol. The Morgan fingerprint density at radius 2 is 1.92 bits per heavy atom. The predicted octanol–water partition coefficient (Wildman–Crippen LogP) is 2.31. The number of carbonyl (C=O) groups excluding carboxylic acids is 1. The van der Waals surface area contributed by atoms with Crippen molar-refractivity contribution in [2.45, 2.75) is 17.9 Å². The first kappa shape index (κ1) is 18.6. The lowest BCUT2D eigenvalue weighted by molar-refractivity contribution is 0.0277. The summed E-state index contributed by atoms with van der Waals surface area (Å²) in [5.74, 6) is -0.337. The Morgan fingerprint density at radius 3 is 2.54 bits per heavy atom. The van der Waals surface area contributed by atoms with Crippen molar-refractivity contribution in [3.63, 3.8) is 0 Å². The molecule has 3 rings (SSSR count). The summed E-state index contributed by atoms with van der Waals surface area (Å²) in [4.78, 5) is 12.7. The van der Waals surface area contributed by atoms with Crippen LogP contribution in [0.25, 0.3) is 0 Å². The fourth-order valence-corrected chi connectivity index (χ4v) is 3.48. The van der Waals surface area contributed by atoms with Gasteiger partial charge in [-0.1, -0.05) is 18.2 Å². The number of amides is 1. The van der Waals surface area contributed by atoms with Crippen molar-refractivity contribution in [1.29, 1.82) is 0 Å². The first-order valence-corrected chi connectivity index (χ1v) is 10.3. The highest BCUT2D eigenvalue weighted by atomic mass is 32.2. The summed E-state index contributed by atoms with van der Waals surface area (Å²) in [6, 6.07) is 12.0. The molecule has 2 N–H and O–H groups in total. The number of hydrogen-bond donors (Lipinski definition) is 2. The van der Waals surface area contributed by atoms with Gasteiger partial charge in [-0.25, -0.2) is 8.42 Å². The lowest BCUT2D eigenvalue weighted by atomic mass is 10.1. The van der Waals surface area contributed by atoms with E-state index in [0.717, 1.165) is 24.9 Å². The largest absolute Gasteiger partial charge is 0.371 e. The molecule has 2 aromatic carbocycles. The number of morpholine rings is 1. The topological polar surface area (TPSA) is 84.5 Å². The van der Waals surface area contributed by atoms with Crippen LogP contribution in [0.3, 0.4) is 0 Å². The molecule has 1 unspecified atom stereocenters. The van der Waals surface area contributed by atoms with Crippen molar-refractivity contribution >= 4 is 21.4 Å². The minimum atomic E-state index is -3.37. The first-order valence-electron chi connectivity index (χ1n) is 8.39. The Kier molecular flexibility index (Phi) is 5.41. The lowest BCUT2D eigenvalue weighted by Gasteiger charge is -2.24. The Bertz CT molecular complexity index is 902. The Labute approximate surface area is 153 Å². The van der Waals surface area contributed by atoms with Crippen molar-refractivity contribution in [2.24, 2.45) is 0 Å². The van der Waals surface area contributed by atoms with Crippen LogP contribution in [0.2, 0.25) is 0 Å². The zero-order valence-corrected chi connectivity index (χ0v) is 15.6. The molecule has 1 aliphatic heterocycles. The van der Waals surface area contributed by atoms with E-state index in [2.05, 4.69) is 10.6 Å². The summed E-state index contributed by atoms with van der Waals surface area (Å²) >= 11 is 0. The second-order valence-electron chi connectivity index (χ2n) is 6.39. The van der Waals surface area contributed by atoms with Gasteiger partial charge in [0.25, 0.3) is 5.91 Å². The molecule has 7 heteroatoms. The van der Waals surface area contributed by atoms with Gasteiger partial charge in [0.05, 0.1) is 17.6 Å². The van der Waals surface area contributed by atoms with Gasteiger partial charge >= 0.3 is 0 Å². The summed E-state index contributed by atoms with van der Waals surface area (Å²) in [6.45, 7) is 4.08. The smallest absolute Gasteiger partial charge is 0.255 e. The van der Waals surface area contributed by atoms with Crippen LogP contribution in [0.4, 0.5) is 5.69 Å². The van der Waals surface area contributed by atoms with E-state index < -0.39 is 9.84 Å². The van der Waals surface area contributed by atoms with Crippen molar-refractivity contribution in [1.82, 2.24) is 5.32 Å². The normalized spacial score (nSPS) is 17.7. The molecule has 2 aromatic rings. The van der Waals surface area contributed by atoms with Gasteiger partial charge in [0, 0.05) is 30.6 Å². The number of rotatable bonds is 4. The van der Waals surface area contributed by atoms with Gasteiger partial charge in [-0.15, -0.1) is 0 Å². The fraction of sp³-hybridized carbons (Fsp3) is 0.316. The van der Waals surface area contributed by atoms with Gasteiger partial charge in [-0.2, -0.15) is 0 Å². The number of ether oxygens (including phenoxy) is 1. The van der Waals surface area contributed by atoms with Crippen LogP contribution in [0.15, 0.2) is 47.4 Å². The highest BCUT2D eigenvalue weighted by Gasteiger charge is 2.17. The van der Waals surface area contributed by atoms with Gasteiger partial charge in [0.15, 0.2) is 9.84 Å². The molecule has 26 heavy (non-hydrogen) atoms. The number of aryl methyl sites for hydroxylation is 1. The summed E-state index contributed by atoms with van der Waals surface area (Å²) in [5.41, 5.74) is 2.75. The van der Waals surface area contributed by atoms with E-state index in [-0.39, 0.29) is 16.9 Å². The third kappa shape index (κ3) is 4.30. The number of anilines is 1. The van der Waals surface area contributed by atoms with Gasteiger partial charge < -0.3 is 15.4 Å². The molecular formula is C19H22N2O4S. The molecule has 1 saturated heterocycles. The van der Waals surface area contributed by atoms with Crippen LogP contribution in [0.5, 0.6) is 0 Å². The number of nitrogens with one attached hydrogen (secondary N) is 2. The standard InChI is InChI=1S/C19H22N2O4S/c1-13-3-8-16(26(2,23)24)11-17(13)19(22)21-15-6-4-14(5-7-15)18-12-20-9-10-25-18/h3-8,11,18,20H,9-10,12H2,1-2H3,(H,21,22). The molecule has 1 heterocycles. The zero-order valence-electron chi connectivity index (χ0n) is 14.8. The molecule has 6 nitrogen and oxygen atoms in total. The summed E-state index contributed by atoms with van der Waals surface area (Å²) in [6.07, 6.45) is 1.14. The van der Waals surface area contributed by atoms with Crippen LogP contribution in [0, 0.1) is 6.92 Å². The van der Waals surface area contributed by atoms with E-state index >= 15 is 0 Å². The molecule has 138 valence electrons. The molecule has 1 aliphatic rings. The van der Waals surface area contributed by atoms with Crippen molar-refractivity contribution in [2.75, 3.05) is 31.3 Å². The van der Waals surface area contributed by atoms with Crippen LogP contribution in [-0.2, 0) is 14.6 Å². The minimum absolute atomic E-state index is 0.0159. The molecular weight excluding hydrogens is 352 g/mol. The average molecular weight is 374 g/mol.